The second kappa shape index (κ2) is 8.70. The number of nitrogens with zero attached hydrogens (tertiary/aromatic N) is 3. The SMILES string of the molecule is Cc1c(C(=O)O)cnn1C1CCN(C(=O)CCCOc2ccccc2)CC1. The van der Waals surface area contributed by atoms with E-state index in [-0.39, 0.29) is 17.5 Å². The maximum Gasteiger partial charge on any atom is 0.339 e. The van der Waals surface area contributed by atoms with Gasteiger partial charge in [-0.05, 0) is 38.3 Å². The van der Waals surface area contributed by atoms with Gasteiger partial charge in [0.1, 0.15) is 11.3 Å². The van der Waals surface area contributed by atoms with Gasteiger partial charge in [-0.15, -0.1) is 0 Å². The van der Waals surface area contributed by atoms with E-state index in [1.165, 1.54) is 6.20 Å². The fourth-order valence-corrected chi connectivity index (χ4v) is 3.45. The molecule has 0 saturated carbocycles. The van der Waals surface area contributed by atoms with Gasteiger partial charge in [0.15, 0.2) is 0 Å². The van der Waals surface area contributed by atoms with E-state index in [2.05, 4.69) is 5.10 Å². The molecule has 7 nitrogen and oxygen atoms in total. The van der Waals surface area contributed by atoms with Gasteiger partial charge in [-0.25, -0.2) is 4.79 Å². The topological polar surface area (TPSA) is 84.7 Å². The van der Waals surface area contributed by atoms with Crippen LogP contribution in [0.25, 0.3) is 0 Å². The number of rotatable bonds is 7. The average molecular weight is 371 g/mol. The van der Waals surface area contributed by atoms with Gasteiger partial charge in [-0.2, -0.15) is 5.10 Å². The minimum Gasteiger partial charge on any atom is -0.494 e. The van der Waals surface area contributed by atoms with Crippen molar-refractivity contribution in [2.75, 3.05) is 19.7 Å². The number of carbonyl (C=O) groups is 2. The molecule has 1 fully saturated rings. The Morgan fingerprint density at radius 3 is 2.56 bits per heavy atom. The Labute approximate surface area is 158 Å². The maximum absolute atomic E-state index is 12.4. The molecule has 3 rings (SSSR count). The molecule has 1 aliphatic rings. The summed E-state index contributed by atoms with van der Waals surface area (Å²) in [5.41, 5.74) is 0.914. The first-order valence-electron chi connectivity index (χ1n) is 9.29. The third-order valence-electron chi connectivity index (χ3n) is 4.99. The molecule has 1 aromatic heterocycles. The minimum atomic E-state index is -0.955. The number of para-hydroxylation sites is 1. The van der Waals surface area contributed by atoms with Crippen molar-refractivity contribution in [3.05, 3.63) is 47.8 Å². The molecule has 1 saturated heterocycles. The maximum atomic E-state index is 12.4. The van der Waals surface area contributed by atoms with Crippen molar-refractivity contribution in [2.24, 2.45) is 0 Å². The minimum absolute atomic E-state index is 0.142. The van der Waals surface area contributed by atoms with E-state index in [1.54, 1.807) is 11.6 Å². The summed E-state index contributed by atoms with van der Waals surface area (Å²) in [7, 11) is 0. The Balaban J connectivity index is 1.42. The predicted molar refractivity (Wildman–Crippen MR) is 99.9 cm³/mol. The lowest BCUT2D eigenvalue weighted by atomic mass is 10.0. The van der Waals surface area contributed by atoms with Crippen LogP contribution in [-0.2, 0) is 4.79 Å². The number of carboxylic acid groups (broad SMARTS) is 1. The van der Waals surface area contributed by atoms with Crippen molar-refractivity contribution in [3.63, 3.8) is 0 Å². The number of hydrogen-bond acceptors (Lipinski definition) is 4. The van der Waals surface area contributed by atoms with Crippen LogP contribution < -0.4 is 4.74 Å². The third kappa shape index (κ3) is 4.67. The fraction of sp³-hybridized carbons (Fsp3) is 0.450. The van der Waals surface area contributed by atoms with Crippen LogP contribution in [0.4, 0.5) is 0 Å². The van der Waals surface area contributed by atoms with Gasteiger partial charge < -0.3 is 14.7 Å². The third-order valence-corrected chi connectivity index (χ3v) is 4.99. The molecule has 0 bridgehead atoms. The zero-order valence-corrected chi connectivity index (χ0v) is 15.5. The van der Waals surface area contributed by atoms with Crippen LogP contribution in [-0.4, -0.2) is 51.4 Å². The molecule has 1 aromatic carbocycles. The number of benzene rings is 1. The first-order chi connectivity index (χ1) is 13.1. The number of aromatic carboxylic acids is 1. The molecular formula is C20H25N3O4. The first-order valence-corrected chi connectivity index (χ1v) is 9.29. The molecule has 2 aromatic rings. The zero-order valence-electron chi connectivity index (χ0n) is 15.5. The number of piperidine rings is 1. The van der Waals surface area contributed by atoms with Gasteiger partial charge in [0, 0.05) is 19.5 Å². The van der Waals surface area contributed by atoms with Crippen molar-refractivity contribution < 1.29 is 19.4 Å². The molecule has 2 heterocycles. The van der Waals surface area contributed by atoms with Gasteiger partial charge >= 0.3 is 5.97 Å². The van der Waals surface area contributed by atoms with Crippen LogP contribution in [0.2, 0.25) is 0 Å². The number of amides is 1. The highest BCUT2D eigenvalue weighted by Gasteiger charge is 2.26. The number of hydrogen-bond donors (Lipinski definition) is 1. The quantitative estimate of drug-likeness (QED) is 0.757. The molecular weight excluding hydrogens is 346 g/mol. The Morgan fingerprint density at radius 1 is 1.22 bits per heavy atom. The van der Waals surface area contributed by atoms with Gasteiger partial charge in [-0.3, -0.25) is 9.48 Å². The molecule has 27 heavy (non-hydrogen) atoms. The van der Waals surface area contributed by atoms with Crippen LogP contribution in [0.15, 0.2) is 36.5 Å². The summed E-state index contributed by atoms with van der Waals surface area (Å²) in [6.45, 7) is 3.65. The van der Waals surface area contributed by atoms with Crippen LogP contribution >= 0.6 is 0 Å². The van der Waals surface area contributed by atoms with Crippen molar-refractivity contribution in [3.8, 4) is 5.75 Å². The Morgan fingerprint density at radius 2 is 1.93 bits per heavy atom. The lowest BCUT2D eigenvalue weighted by molar-refractivity contribution is -0.132. The fourth-order valence-electron chi connectivity index (χ4n) is 3.45. The molecule has 0 unspecified atom stereocenters. The molecule has 0 radical (unpaired) electrons. The van der Waals surface area contributed by atoms with E-state index < -0.39 is 5.97 Å². The second-order valence-corrected chi connectivity index (χ2v) is 6.77. The van der Waals surface area contributed by atoms with E-state index in [0.29, 0.717) is 38.2 Å². The lowest BCUT2D eigenvalue weighted by Gasteiger charge is -2.32. The first kappa shape index (κ1) is 18.9. The largest absolute Gasteiger partial charge is 0.494 e. The van der Waals surface area contributed by atoms with Gasteiger partial charge in [-0.1, -0.05) is 18.2 Å². The molecule has 1 aliphatic heterocycles. The van der Waals surface area contributed by atoms with E-state index in [4.69, 9.17) is 9.84 Å². The van der Waals surface area contributed by atoms with Crippen molar-refractivity contribution in [1.29, 1.82) is 0 Å². The van der Waals surface area contributed by atoms with E-state index in [0.717, 1.165) is 18.6 Å². The summed E-state index contributed by atoms with van der Waals surface area (Å²) in [6, 6.07) is 9.73. The summed E-state index contributed by atoms with van der Waals surface area (Å²) in [6.07, 6.45) is 4.14. The molecule has 7 heteroatoms. The summed E-state index contributed by atoms with van der Waals surface area (Å²) in [5, 5.41) is 13.4. The summed E-state index contributed by atoms with van der Waals surface area (Å²) in [4.78, 5) is 25.4. The smallest absolute Gasteiger partial charge is 0.339 e. The number of carboxylic acids is 1. The molecule has 0 aliphatic carbocycles. The highest BCUT2D eigenvalue weighted by atomic mass is 16.5. The van der Waals surface area contributed by atoms with Crippen LogP contribution in [0.5, 0.6) is 5.75 Å². The average Bonchev–Trinajstić information content (AvgIpc) is 3.07. The van der Waals surface area contributed by atoms with E-state index in [9.17, 15) is 9.59 Å². The summed E-state index contributed by atoms with van der Waals surface area (Å²) >= 11 is 0. The lowest BCUT2D eigenvalue weighted by Crippen LogP contribution is -2.39. The van der Waals surface area contributed by atoms with Gasteiger partial charge in [0.2, 0.25) is 5.91 Å². The molecule has 144 valence electrons. The van der Waals surface area contributed by atoms with Crippen LogP contribution in [0, 0.1) is 6.92 Å². The van der Waals surface area contributed by atoms with Crippen LogP contribution in [0.3, 0.4) is 0 Å². The number of ether oxygens (including phenoxy) is 1. The molecule has 0 atom stereocenters. The highest BCUT2D eigenvalue weighted by molar-refractivity contribution is 5.88. The van der Waals surface area contributed by atoms with Crippen molar-refractivity contribution >= 4 is 11.9 Å². The number of carbonyl (C=O) groups excluding carboxylic acids is 1. The summed E-state index contributed by atoms with van der Waals surface area (Å²) < 4.78 is 7.41. The second-order valence-electron chi connectivity index (χ2n) is 6.77. The monoisotopic (exact) mass is 371 g/mol. The zero-order chi connectivity index (χ0) is 19.2. The van der Waals surface area contributed by atoms with E-state index in [1.807, 2.05) is 35.2 Å². The number of aromatic nitrogens is 2. The Kier molecular flexibility index (Phi) is 6.11. The molecule has 1 N–H and O–H groups in total. The standard InChI is InChI=1S/C20H25N3O4/c1-15-18(20(25)26)14-21-23(15)16-9-11-22(12-10-16)19(24)8-5-13-27-17-6-3-2-4-7-17/h2-4,6-7,14,16H,5,8-13H2,1H3,(H,25,26). The van der Waals surface area contributed by atoms with Gasteiger partial charge in [0.05, 0.1) is 24.5 Å². The number of likely N-dealkylation sites (tertiary alicyclic amines) is 1. The normalized spacial score (nSPS) is 14.9. The Hall–Kier alpha value is -2.83. The highest BCUT2D eigenvalue weighted by Crippen LogP contribution is 2.25. The van der Waals surface area contributed by atoms with Crippen LogP contribution in [0.1, 0.15) is 47.8 Å². The summed E-state index contributed by atoms with van der Waals surface area (Å²) in [5.74, 6) is 0.0127. The van der Waals surface area contributed by atoms with E-state index >= 15 is 0 Å². The Bertz CT molecular complexity index is 780. The molecule has 0 spiro atoms. The molecule has 1 amide bonds. The predicted octanol–water partition coefficient (Wildman–Crippen LogP) is 2.91. The van der Waals surface area contributed by atoms with Crippen molar-refractivity contribution in [1.82, 2.24) is 14.7 Å². The van der Waals surface area contributed by atoms with Crippen molar-refractivity contribution in [2.45, 2.75) is 38.6 Å². The van der Waals surface area contributed by atoms with Gasteiger partial charge in [0.25, 0.3) is 0 Å².